The molecule has 0 aromatic rings. The van der Waals surface area contributed by atoms with Gasteiger partial charge in [0.05, 0.1) is 13.1 Å². The van der Waals surface area contributed by atoms with Gasteiger partial charge < -0.3 is 10.2 Å². The minimum Gasteiger partial charge on any atom is -0.348 e. The van der Waals surface area contributed by atoms with E-state index in [1.165, 1.54) is 0 Å². The van der Waals surface area contributed by atoms with Crippen LogP contribution in [0.5, 0.6) is 0 Å². The van der Waals surface area contributed by atoms with Crippen molar-refractivity contribution in [1.82, 2.24) is 30.5 Å². The zero-order valence-corrected chi connectivity index (χ0v) is 17.6. The van der Waals surface area contributed by atoms with Gasteiger partial charge in [-0.25, -0.2) is 4.79 Å². The van der Waals surface area contributed by atoms with Crippen LogP contribution in [-0.4, -0.2) is 102 Å². The molecule has 0 aromatic carbocycles. The lowest BCUT2D eigenvalue weighted by Gasteiger charge is -2.34. The van der Waals surface area contributed by atoms with E-state index in [0.29, 0.717) is 51.5 Å². The molecule has 2 saturated heterocycles. The smallest absolute Gasteiger partial charge is 0.344 e. The molecule has 2 heterocycles. The zero-order chi connectivity index (χ0) is 21.2. The van der Waals surface area contributed by atoms with Gasteiger partial charge in [0.1, 0.15) is 5.54 Å². The van der Waals surface area contributed by atoms with E-state index in [0.717, 1.165) is 17.9 Å². The Labute approximate surface area is 171 Å². The molecule has 5 amide bonds. The maximum Gasteiger partial charge on any atom is 0.344 e. The Balaban J connectivity index is 1.46. The molecular formula is C19H32N6O4. The summed E-state index contributed by atoms with van der Waals surface area (Å²) in [5, 5.41) is 3.65. The summed E-state index contributed by atoms with van der Waals surface area (Å²) in [4.78, 5) is 54.9. The van der Waals surface area contributed by atoms with Gasteiger partial charge >= 0.3 is 6.03 Å². The molecule has 10 heteroatoms. The van der Waals surface area contributed by atoms with Crippen LogP contribution >= 0.6 is 0 Å². The largest absolute Gasteiger partial charge is 0.348 e. The van der Waals surface area contributed by atoms with Crippen molar-refractivity contribution in [3.8, 4) is 0 Å². The summed E-state index contributed by atoms with van der Waals surface area (Å²) in [6.07, 6.45) is 2.99. The van der Waals surface area contributed by atoms with E-state index in [2.05, 4.69) is 22.6 Å². The van der Waals surface area contributed by atoms with Gasteiger partial charge in [-0.1, -0.05) is 6.92 Å². The number of hydrogen-bond donors (Lipinski definition) is 2. The van der Waals surface area contributed by atoms with Crippen LogP contribution < -0.4 is 10.7 Å². The van der Waals surface area contributed by atoms with E-state index in [1.54, 1.807) is 19.0 Å². The van der Waals surface area contributed by atoms with Gasteiger partial charge in [-0.05, 0) is 31.6 Å². The number of hydrogen-bond acceptors (Lipinski definition) is 6. The highest BCUT2D eigenvalue weighted by molar-refractivity contribution is 6.08. The second-order valence-corrected chi connectivity index (χ2v) is 8.71. The van der Waals surface area contributed by atoms with Crippen LogP contribution in [0.2, 0.25) is 0 Å². The summed E-state index contributed by atoms with van der Waals surface area (Å²) in [6, 6.07) is -0.551. The molecule has 3 fully saturated rings. The van der Waals surface area contributed by atoms with E-state index in [1.807, 2.05) is 4.90 Å². The Hall–Kier alpha value is -2.20. The Kier molecular flexibility index (Phi) is 6.42. The Morgan fingerprint density at radius 2 is 1.62 bits per heavy atom. The molecule has 3 aliphatic rings. The van der Waals surface area contributed by atoms with Crippen LogP contribution in [-0.2, 0) is 14.4 Å². The lowest BCUT2D eigenvalue weighted by molar-refractivity contribution is -0.140. The van der Waals surface area contributed by atoms with Gasteiger partial charge in [-0.3, -0.25) is 29.6 Å². The first kappa shape index (κ1) is 21.5. The summed E-state index contributed by atoms with van der Waals surface area (Å²) < 4.78 is 0. The number of urea groups is 1. The van der Waals surface area contributed by atoms with Crippen molar-refractivity contribution in [2.45, 2.75) is 38.1 Å². The minimum absolute atomic E-state index is 0.0563. The van der Waals surface area contributed by atoms with E-state index < -0.39 is 11.6 Å². The van der Waals surface area contributed by atoms with Crippen molar-refractivity contribution in [1.29, 1.82) is 0 Å². The third kappa shape index (κ3) is 4.87. The van der Waals surface area contributed by atoms with Crippen LogP contribution in [0.4, 0.5) is 4.79 Å². The van der Waals surface area contributed by atoms with Crippen LogP contribution in [0.3, 0.4) is 0 Å². The molecule has 0 radical (unpaired) electrons. The average Bonchev–Trinajstić information content (AvgIpc) is 2.90. The molecule has 0 unspecified atom stereocenters. The molecule has 0 aromatic heterocycles. The van der Waals surface area contributed by atoms with E-state index in [-0.39, 0.29) is 24.3 Å². The van der Waals surface area contributed by atoms with Crippen molar-refractivity contribution >= 4 is 23.8 Å². The van der Waals surface area contributed by atoms with Gasteiger partial charge in [0.25, 0.3) is 11.8 Å². The monoisotopic (exact) mass is 408 g/mol. The lowest BCUT2D eigenvalue weighted by Crippen LogP contribution is -2.55. The predicted octanol–water partition coefficient (Wildman–Crippen LogP) is -0.776. The highest BCUT2D eigenvalue weighted by Gasteiger charge is 2.52. The van der Waals surface area contributed by atoms with E-state index in [4.69, 9.17) is 0 Å². The van der Waals surface area contributed by atoms with Crippen LogP contribution in [0, 0.1) is 5.92 Å². The predicted molar refractivity (Wildman–Crippen MR) is 105 cm³/mol. The normalized spacial score (nSPS) is 28.5. The Morgan fingerprint density at radius 1 is 1.07 bits per heavy atom. The van der Waals surface area contributed by atoms with Crippen molar-refractivity contribution in [3.63, 3.8) is 0 Å². The zero-order valence-electron chi connectivity index (χ0n) is 17.6. The molecule has 3 rings (SSSR count). The lowest BCUT2D eigenvalue weighted by atomic mass is 9.77. The number of nitrogens with one attached hydrogen (secondary N) is 2. The number of likely N-dealkylation sites (N-methyl/N-ethyl adjacent to an activating group) is 1. The fraction of sp³-hybridized carbons (Fsp3) is 0.789. The minimum atomic E-state index is -0.860. The first-order valence-corrected chi connectivity index (χ1v) is 10.3. The molecule has 162 valence electrons. The van der Waals surface area contributed by atoms with Gasteiger partial charge in [0, 0.05) is 40.3 Å². The van der Waals surface area contributed by atoms with Gasteiger partial charge in [0.15, 0.2) is 0 Å². The molecule has 29 heavy (non-hydrogen) atoms. The number of carbonyl (C=O) groups is 4. The molecule has 0 bridgehead atoms. The SMILES string of the molecule is CC1CCC2(CC1)NC(=O)N(NC(=O)CN1CCN(CC(=O)N(C)C)CC1)C2=O. The standard InChI is InChI=1S/C19H32N6O4/c1-14-4-6-19(7-5-14)17(28)25(18(29)20-19)21-15(26)12-23-8-10-24(11-9-23)13-16(27)22(2)3/h14H,4-13H2,1-3H3,(H,20,29)(H,21,26). The number of imide groups is 1. The number of amides is 5. The average molecular weight is 409 g/mol. The number of hydrazine groups is 1. The van der Waals surface area contributed by atoms with E-state index in [9.17, 15) is 19.2 Å². The second-order valence-electron chi connectivity index (χ2n) is 8.71. The second kappa shape index (κ2) is 8.66. The third-order valence-corrected chi connectivity index (χ3v) is 6.22. The first-order chi connectivity index (χ1) is 13.7. The van der Waals surface area contributed by atoms with Crippen LogP contribution in [0.15, 0.2) is 0 Å². The molecule has 2 aliphatic heterocycles. The van der Waals surface area contributed by atoms with Crippen LogP contribution in [0.25, 0.3) is 0 Å². The number of piperazine rings is 1. The maximum absolute atomic E-state index is 12.8. The summed E-state index contributed by atoms with van der Waals surface area (Å²) in [7, 11) is 3.47. The third-order valence-electron chi connectivity index (χ3n) is 6.22. The number of rotatable bonds is 5. The van der Waals surface area contributed by atoms with Gasteiger partial charge in [0.2, 0.25) is 5.91 Å². The van der Waals surface area contributed by atoms with E-state index >= 15 is 0 Å². The first-order valence-electron chi connectivity index (χ1n) is 10.3. The molecule has 1 aliphatic carbocycles. The quantitative estimate of drug-likeness (QED) is 0.579. The van der Waals surface area contributed by atoms with Crippen molar-refractivity contribution in [3.05, 3.63) is 0 Å². The van der Waals surface area contributed by atoms with Crippen molar-refractivity contribution in [2.75, 3.05) is 53.4 Å². The van der Waals surface area contributed by atoms with Gasteiger partial charge in [-0.2, -0.15) is 5.01 Å². The van der Waals surface area contributed by atoms with Crippen LogP contribution in [0.1, 0.15) is 32.6 Å². The molecular weight excluding hydrogens is 376 g/mol. The number of nitrogens with zero attached hydrogens (tertiary/aromatic N) is 4. The fourth-order valence-electron chi connectivity index (χ4n) is 4.12. The highest BCUT2D eigenvalue weighted by Crippen LogP contribution is 2.35. The highest BCUT2D eigenvalue weighted by atomic mass is 16.2. The topological polar surface area (TPSA) is 105 Å². The molecule has 2 N–H and O–H groups in total. The molecule has 1 saturated carbocycles. The number of carbonyl (C=O) groups excluding carboxylic acids is 4. The maximum atomic E-state index is 12.8. The van der Waals surface area contributed by atoms with Crippen molar-refractivity contribution in [2.24, 2.45) is 5.92 Å². The summed E-state index contributed by atoms with van der Waals surface area (Å²) in [5.74, 6) is -0.135. The summed E-state index contributed by atoms with van der Waals surface area (Å²) in [6.45, 7) is 5.30. The van der Waals surface area contributed by atoms with Crippen molar-refractivity contribution < 1.29 is 19.2 Å². The van der Waals surface area contributed by atoms with Gasteiger partial charge in [-0.15, -0.1) is 0 Å². The Bertz CT molecular complexity index is 666. The molecule has 10 nitrogen and oxygen atoms in total. The Morgan fingerprint density at radius 3 is 2.17 bits per heavy atom. The molecule has 0 atom stereocenters. The summed E-state index contributed by atoms with van der Waals surface area (Å²) >= 11 is 0. The fourth-order valence-corrected chi connectivity index (χ4v) is 4.12. The molecule has 1 spiro atoms. The summed E-state index contributed by atoms with van der Waals surface area (Å²) in [5.41, 5.74) is 1.62.